The minimum absolute atomic E-state index is 0.0308. The number of carbonyl (C=O) groups is 2. The van der Waals surface area contributed by atoms with Crippen molar-refractivity contribution in [3.05, 3.63) is 29.1 Å². The zero-order valence-corrected chi connectivity index (χ0v) is 10.3. The highest BCUT2D eigenvalue weighted by Crippen LogP contribution is 2.26. The smallest absolute Gasteiger partial charge is 0.257 e. The van der Waals surface area contributed by atoms with Crippen LogP contribution in [-0.4, -0.2) is 41.5 Å². The van der Waals surface area contributed by atoms with E-state index in [1.807, 2.05) is 0 Å². The average Bonchev–Trinajstić information content (AvgIpc) is 2.64. The van der Waals surface area contributed by atoms with E-state index < -0.39 is 34.7 Å². The van der Waals surface area contributed by atoms with E-state index in [1.54, 1.807) is 0 Å². The van der Waals surface area contributed by atoms with Crippen LogP contribution < -0.4 is 5.32 Å². The first kappa shape index (κ1) is 14.2. The summed E-state index contributed by atoms with van der Waals surface area (Å²) < 4.78 is 39.7. The molecule has 1 saturated heterocycles. The van der Waals surface area contributed by atoms with Crippen molar-refractivity contribution < 1.29 is 27.9 Å². The number of rotatable bonds is 1. The maximum atomic E-state index is 13.6. The number of hydrogen-bond donors (Lipinski definition) is 2. The molecule has 0 atom stereocenters. The van der Waals surface area contributed by atoms with Crippen LogP contribution in [0.2, 0.25) is 0 Å². The van der Waals surface area contributed by atoms with Gasteiger partial charge in [-0.05, 0) is 6.07 Å². The molecule has 8 heteroatoms. The molecular formula is C12H11F3N2O3. The van der Waals surface area contributed by atoms with Crippen LogP contribution in [0.3, 0.4) is 0 Å². The summed E-state index contributed by atoms with van der Waals surface area (Å²) in [5, 5.41) is 11.6. The van der Waals surface area contributed by atoms with Crippen molar-refractivity contribution in [3.63, 3.8) is 0 Å². The molecule has 5 nitrogen and oxygen atoms in total. The summed E-state index contributed by atoms with van der Waals surface area (Å²) in [6.07, 6.45) is 0.0308. The van der Waals surface area contributed by atoms with Crippen LogP contribution in [0.4, 0.5) is 13.2 Å². The predicted octanol–water partition coefficient (Wildman–Crippen LogP) is 0.772. The van der Waals surface area contributed by atoms with E-state index in [0.717, 1.165) is 4.90 Å². The fraction of sp³-hybridized carbons (Fsp3) is 0.333. The Hall–Kier alpha value is -2.25. The molecule has 1 aliphatic heterocycles. The number of hydrogen-bond acceptors (Lipinski definition) is 3. The molecule has 2 rings (SSSR count). The normalized spacial score (nSPS) is 15.8. The summed E-state index contributed by atoms with van der Waals surface area (Å²) in [5.74, 6) is -7.47. The number of nitrogens with one attached hydrogen (secondary N) is 1. The molecule has 0 saturated carbocycles. The molecule has 108 valence electrons. The largest absolute Gasteiger partial charge is 0.503 e. The Bertz CT molecular complexity index is 578. The van der Waals surface area contributed by atoms with Gasteiger partial charge >= 0.3 is 0 Å². The standard InChI is InChI=1S/C12H11F3N2O3/c13-7-5-6(9(14)11(19)10(7)15)12(20)17-3-1-8(18)16-2-4-17/h5,19H,1-4H2,(H,16,18). The molecule has 0 aromatic heterocycles. The highest BCUT2D eigenvalue weighted by atomic mass is 19.2. The zero-order valence-electron chi connectivity index (χ0n) is 10.3. The Morgan fingerprint density at radius 2 is 1.95 bits per heavy atom. The van der Waals surface area contributed by atoms with Gasteiger partial charge in [-0.2, -0.15) is 4.39 Å². The Kier molecular flexibility index (Phi) is 3.82. The SMILES string of the molecule is O=C1CCN(C(=O)c2cc(F)c(F)c(O)c2F)CCN1. The molecule has 2 N–H and O–H groups in total. The van der Waals surface area contributed by atoms with Gasteiger partial charge in [-0.25, -0.2) is 8.78 Å². The third kappa shape index (κ3) is 2.54. The summed E-state index contributed by atoms with van der Waals surface area (Å²) >= 11 is 0. The average molecular weight is 288 g/mol. The van der Waals surface area contributed by atoms with Crippen molar-refractivity contribution in [1.29, 1.82) is 0 Å². The number of phenolic OH excluding ortho intramolecular Hbond substituents is 1. The van der Waals surface area contributed by atoms with Crippen molar-refractivity contribution in [3.8, 4) is 5.75 Å². The van der Waals surface area contributed by atoms with E-state index >= 15 is 0 Å². The van der Waals surface area contributed by atoms with Crippen LogP contribution in [0, 0.1) is 17.5 Å². The summed E-state index contributed by atoms with van der Waals surface area (Å²) in [6, 6.07) is 0.396. The van der Waals surface area contributed by atoms with Crippen LogP contribution >= 0.6 is 0 Å². The number of aromatic hydroxyl groups is 1. The Morgan fingerprint density at radius 3 is 2.65 bits per heavy atom. The topological polar surface area (TPSA) is 69.6 Å². The van der Waals surface area contributed by atoms with E-state index in [2.05, 4.69) is 5.32 Å². The van der Waals surface area contributed by atoms with E-state index in [1.165, 1.54) is 0 Å². The van der Waals surface area contributed by atoms with Crippen LogP contribution in [0.1, 0.15) is 16.8 Å². The molecule has 1 heterocycles. The molecule has 0 spiro atoms. The van der Waals surface area contributed by atoms with Gasteiger partial charge < -0.3 is 15.3 Å². The summed E-state index contributed by atoms with van der Waals surface area (Å²) in [6.45, 7) is 0.329. The van der Waals surface area contributed by atoms with E-state index in [9.17, 15) is 22.8 Å². The quantitative estimate of drug-likeness (QED) is 0.750. The van der Waals surface area contributed by atoms with Gasteiger partial charge in [0.1, 0.15) is 0 Å². The van der Waals surface area contributed by atoms with E-state index in [4.69, 9.17) is 5.11 Å². The number of halogens is 3. The lowest BCUT2D eigenvalue weighted by molar-refractivity contribution is -0.120. The first-order valence-electron chi connectivity index (χ1n) is 5.84. The highest BCUT2D eigenvalue weighted by molar-refractivity contribution is 5.95. The van der Waals surface area contributed by atoms with Gasteiger partial charge in [-0.3, -0.25) is 9.59 Å². The third-order valence-corrected chi connectivity index (χ3v) is 2.96. The summed E-state index contributed by atoms with van der Waals surface area (Å²) in [4.78, 5) is 24.3. The van der Waals surface area contributed by atoms with Crippen LogP contribution in [0.5, 0.6) is 5.75 Å². The molecule has 1 fully saturated rings. The van der Waals surface area contributed by atoms with Gasteiger partial charge in [0.25, 0.3) is 5.91 Å². The molecule has 0 unspecified atom stereocenters. The van der Waals surface area contributed by atoms with Crippen LogP contribution in [0.25, 0.3) is 0 Å². The maximum absolute atomic E-state index is 13.6. The molecule has 1 aromatic rings. The number of amides is 2. The van der Waals surface area contributed by atoms with Crippen molar-refractivity contribution in [2.75, 3.05) is 19.6 Å². The molecular weight excluding hydrogens is 277 g/mol. The number of nitrogens with zero attached hydrogens (tertiary/aromatic N) is 1. The Balaban J connectivity index is 2.31. The van der Waals surface area contributed by atoms with Crippen LogP contribution in [-0.2, 0) is 4.79 Å². The monoisotopic (exact) mass is 288 g/mol. The molecule has 1 aromatic carbocycles. The molecule has 0 bridgehead atoms. The van der Waals surface area contributed by atoms with Crippen LogP contribution in [0.15, 0.2) is 6.07 Å². The summed E-state index contributed by atoms with van der Waals surface area (Å²) in [7, 11) is 0. The molecule has 0 aliphatic carbocycles. The van der Waals surface area contributed by atoms with Crippen molar-refractivity contribution >= 4 is 11.8 Å². The first-order chi connectivity index (χ1) is 9.41. The highest BCUT2D eigenvalue weighted by Gasteiger charge is 2.27. The van der Waals surface area contributed by atoms with Crippen molar-refractivity contribution in [2.45, 2.75) is 6.42 Å². The number of benzene rings is 1. The van der Waals surface area contributed by atoms with E-state index in [-0.39, 0.29) is 32.0 Å². The van der Waals surface area contributed by atoms with Gasteiger partial charge in [0.05, 0.1) is 5.56 Å². The molecule has 0 radical (unpaired) electrons. The second kappa shape index (κ2) is 5.40. The van der Waals surface area contributed by atoms with Crippen molar-refractivity contribution in [1.82, 2.24) is 10.2 Å². The maximum Gasteiger partial charge on any atom is 0.257 e. The van der Waals surface area contributed by atoms with Gasteiger partial charge in [0.15, 0.2) is 17.4 Å². The number of carbonyl (C=O) groups excluding carboxylic acids is 2. The van der Waals surface area contributed by atoms with Crippen molar-refractivity contribution in [2.24, 2.45) is 0 Å². The lowest BCUT2D eigenvalue weighted by Gasteiger charge is -2.20. The second-order valence-electron chi connectivity index (χ2n) is 4.27. The summed E-state index contributed by atoms with van der Waals surface area (Å²) in [5.41, 5.74) is -0.768. The predicted molar refractivity (Wildman–Crippen MR) is 61.5 cm³/mol. The fourth-order valence-electron chi connectivity index (χ4n) is 1.89. The second-order valence-corrected chi connectivity index (χ2v) is 4.27. The van der Waals surface area contributed by atoms with Gasteiger partial charge in [0.2, 0.25) is 11.7 Å². The molecule has 2 amide bonds. The van der Waals surface area contributed by atoms with Gasteiger partial charge in [-0.1, -0.05) is 0 Å². The minimum Gasteiger partial charge on any atom is -0.503 e. The Morgan fingerprint density at radius 1 is 1.25 bits per heavy atom. The first-order valence-corrected chi connectivity index (χ1v) is 5.84. The van der Waals surface area contributed by atoms with Gasteiger partial charge in [-0.15, -0.1) is 0 Å². The third-order valence-electron chi connectivity index (χ3n) is 2.96. The minimum atomic E-state index is -1.74. The van der Waals surface area contributed by atoms with Gasteiger partial charge in [0, 0.05) is 26.1 Å². The Labute approximate surface area is 112 Å². The van der Waals surface area contributed by atoms with E-state index in [0.29, 0.717) is 6.07 Å². The zero-order chi connectivity index (χ0) is 14.9. The lowest BCUT2D eigenvalue weighted by atomic mass is 10.1. The molecule has 1 aliphatic rings. The lowest BCUT2D eigenvalue weighted by Crippen LogP contribution is -2.34. The fourth-order valence-corrected chi connectivity index (χ4v) is 1.89. The molecule has 20 heavy (non-hydrogen) atoms. The number of phenols is 1.